The van der Waals surface area contributed by atoms with Crippen LogP contribution in [0.4, 0.5) is 5.69 Å². The molecule has 1 aromatic rings. The highest BCUT2D eigenvalue weighted by molar-refractivity contribution is 8.15. The molecule has 2 aliphatic rings. The number of benzene rings is 1. The Morgan fingerprint density at radius 2 is 2.09 bits per heavy atom. The Bertz CT molecular complexity index is 644. The minimum absolute atomic E-state index is 0.103. The van der Waals surface area contributed by atoms with E-state index >= 15 is 0 Å². The topological polar surface area (TPSA) is 70.6 Å². The van der Waals surface area contributed by atoms with E-state index in [9.17, 15) is 9.59 Å². The van der Waals surface area contributed by atoms with Crippen molar-refractivity contribution >= 4 is 46.0 Å². The second kappa shape index (κ2) is 7.36. The summed E-state index contributed by atoms with van der Waals surface area (Å²) in [6.45, 7) is 0. The lowest BCUT2D eigenvalue weighted by Crippen LogP contribution is -2.28. The summed E-state index contributed by atoms with van der Waals surface area (Å²) in [6.07, 6.45) is 4.66. The zero-order valence-corrected chi connectivity index (χ0v) is 14.1. The number of carbonyl (C=O) groups is 2. The number of halogens is 1. The first-order valence-electron chi connectivity index (χ1n) is 7.71. The lowest BCUT2D eigenvalue weighted by atomic mass is 10.2. The molecule has 3 rings (SSSR count). The number of nitrogens with zero attached hydrogens (tertiary/aromatic N) is 1. The highest BCUT2D eigenvalue weighted by Crippen LogP contribution is 2.27. The van der Waals surface area contributed by atoms with Gasteiger partial charge in [-0.1, -0.05) is 48.3 Å². The van der Waals surface area contributed by atoms with Crippen LogP contribution in [-0.2, 0) is 9.59 Å². The molecule has 0 unspecified atom stereocenters. The van der Waals surface area contributed by atoms with Gasteiger partial charge in [-0.15, -0.1) is 0 Å². The van der Waals surface area contributed by atoms with Crippen LogP contribution in [0, 0.1) is 0 Å². The Hall–Kier alpha value is -1.53. The number of hydrogen-bond donors (Lipinski definition) is 2. The summed E-state index contributed by atoms with van der Waals surface area (Å²) in [4.78, 5) is 28.7. The predicted molar refractivity (Wildman–Crippen MR) is 93.9 cm³/mol. The van der Waals surface area contributed by atoms with Crippen molar-refractivity contribution in [3.63, 3.8) is 0 Å². The summed E-state index contributed by atoms with van der Waals surface area (Å²) in [7, 11) is 0. The van der Waals surface area contributed by atoms with E-state index in [0.29, 0.717) is 21.9 Å². The van der Waals surface area contributed by atoms with Crippen LogP contribution >= 0.6 is 23.4 Å². The molecule has 1 aliphatic carbocycles. The van der Waals surface area contributed by atoms with Crippen LogP contribution in [0.15, 0.2) is 29.3 Å². The van der Waals surface area contributed by atoms with E-state index in [2.05, 4.69) is 15.6 Å². The molecule has 0 aromatic heterocycles. The number of hydrogen-bond acceptors (Lipinski definition) is 4. The third kappa shape index (κ3) is 4.26. The molecule has 1 aliphatic heterocycles. The van der Waals surface area contributed by atoms with Crippen LogP contribution in [0.3, 0.4) is 0 Å². The van der Waals surface area contributed by atoms with Gasteiger partial charge in [0, 0.05) is 6.42 Å². The average Bonchev–Trinajstić information content (AvgIpc) is 3.12. The summed E-state index contributed by atoms with van der Waals surface area (Å²) in [5.74, 6) is -0.381. The molecule has 23 heavy (non-hydrogen) atoms. The Kier molecular flexibility index (Phi) is 5.23. The lowest BCUT2D eigenvalue weighted by molar-refractivity contribution is -0.122. The molecular formula is C16H18ClN3O2S. The van der Waals surface area contributed by atoms with Gasteiger partial charge in [-0.3, -0.25) is 14.6 Å². The third-order valence-corrected chi connectivity index (χ3v) is 5.35. The van der Waals surface area contributed by atoms with E-state index in [1.165, 1.54) is 24.6 Å². The summed E-state index contributed by atoms with van der Waals surface area (Å²) < 4.78 is 0. The van der Waals surface area contributed by atoms with Crippen LogP contribution in [0.25, 0.3) is 0 Å². The summed E-state index contributed by atoms with van der Waals surface area (Å²) in [5.41, 5.74) is 0.558. The standard InChI is InChI=1S/C16H18ClN3O2S/c17-11-7-3-4-8-12(11)19-14(21)9-13-15(22)20-16(23-13)18-10-5-1-2-6-10/h3-4,7-8,10,13H,1-2,5-6,9H2,(H,19,21)(H,18,20,22)/t13-/m0/s1. The van der Waals surface area contributed by atoms with Gasteiger partial charge in [-0.25, -0.2) is 0 Å². The van der Waals surface area contributed by atoms with Gasteiger partial charge in [0.05, 0.1) is 16.8 Å². The van der Waals surface area contributed by atoms with Gasteiger partial charge in [-0.2, -0.15) is 0 Å². The molecule has 2 N–H and O–H groups in total. The Balaban J connectivity index is 1.56. The van der Waals surface area contributed by atoms with E-state index in [1.54, 1.807) is 24.3 Å². The fourth-order valence-electron chi connectivity index (χ4n) is 2.73. The molecule has 5 nitrogen and oxygen atoms in total. The van der Waals surface area contributed by atoms with Gasteiger partial charge in [-0.05, 0) is 25.0 Å². The largest absolute Gasteiger partial charge is 0.325 e. The third-order valence-electron chi connectivity index (χ3n) is 3.92. The van der Waals surface area contributed by atoms with Crippen molar-refractivity contribution in [2.24, 2.45) is 4.99 Å². The summed E-state index contributed by atoms with van der Waals surface area (Å²) in [6, 6.07) is 7.35. The van der Waals surface area contributed by atoms with Crippen LogP contribution in [0.2, 0.25) is 5.02 Å². The van der Waals surface area contributed by atoms with E-state index in [1.807, 2.05) is 0 Å². The molecule has 0 bridgehead atoms. The van der Waals surface area contributed by atoms with Crippen molar-refractivity contribution in [3.8, 4) is 0 Å². The Labute approximate surface area is 144 Å². The zero-order valence-electron chi connectivity index (χ0n) is 12.5. The number of anilines is 1. The number of amidine groups is 1. The van der Waals surface area contributed by atoms with Crippen LogP contribution < -0.4 is 10.6 Å². The smallest absolute Gasteiger partial charge is 0.240 e. The molecule has 7 heteroatoms. The second-order valence-corrected chi connectivity index (χ2v) is 7.30. The highest BCUT2D eigenvalue weighted by atomic mass is 35.5. The first-order chi connectivity index (χ1) is 11.1. The number of aliphatic imine (C=N–C) groups is 1. The average molecular weight is 352 g/mol. The van der Waals surface area contributed by atoms with Gasteiger partial charge in [0.15, 0.2) is 5.17 Å². The van der Waals surface area contributed by atoms with E-state index < -0.39 is 5.25 Å². The molecule has 1 heterocycles. The first-order valence-corrected chi connectivity index (χ1v) is 8.97. The number of carbonyl (C=O) groups excluding carboxylic acids is 2. The van der Waals surface area contributed by atoms with Crippen molar-refractivity contribution in [1.82, 2.24) is 5.32 Å². The number of para-hydroxylation sites is 1. The molecular weight excluding hydrogens is 334 g/mol. The quantitative estimate of drug-likeness (QED) is 0.875. The SMILES string of the molecule is O=C(C[C@@H]1SC(=NC2CCCC2)NC1=O)Nc1ccccc1Cl. The van der Waals surface area contributed by atoms with Crippen LogP contribution in [-0.4, -0.2) is 28.3 Å². The van der Waals surface area contributed by atoms with E-state index in [4.69, 9.17) is 11.6 Å². The molecule has 1 aromatic carbocycles. The van der Waals surface area contributed by atoms with Crippen molar-refractivity contribution in [1.29, 1.82) is 0 Å². The molecule has 0 spiro atoms. The molecule has 2 amide bonds. The molecule has 0 radical (unpaired) electrons. The number of nitrogens with one attached hydrogen (secondary N) is 2. The monoisotopic (exact) mass is 351 g/mol. The lowest BCUT2D eigenvalue weighted by Gasteiger charge is -2.08. The van der Waals surface area contributed by atoms with Crippen LogP contribution in [0.1, 0.15) is 32.1 Å². The zero-order chi connectivity index (χ0) is 16.2. The van der Waals surface area contributed by atoms with E-state index in [-0.39, 0.29) is 18.2 Å². The fraction of sp³-hybridized carbons (Fsp3) is 0.438. The maximum atomic E-state index is 12.1. The van der Waals surface area contributed by atoms with E-state index in [0.717, 1.165) is 12.8 Å². The van der Waals surface area contributed by atoms with Gasteiger partial charge in [0.25, 0.3) is 0 Å². The number of rotatable bonds is 4. The minimum Gasteiger partial charge on any atom is -0.325 e. The van der Waals surface area contributed by atoms with Crippen molar-refractivity contribution in [2.45, 2.75) is 43.4 Å². The number of thioether (sulfide) groups is 1. The second-order valence-electron chi connectivity index (χ2n) is 5.70. The van der Waals surface area contributed by atoms with Crippen molar-refractivity contribution in [2.75, 3.05) is 5.32 Å². The molecule has 2 fully saturated rings. The van der Waals surface area contributed by atoms with Gasteiger partial charge >= 0.3 is 0 Å². The first kappa shape index (κ1) is 16.3. The minimum atomic E-state index is -0.433. The molecule has 1 atom stereocenters. The maximum absolute atomic E-state index is 12.1. The summed E-state index contributed by atoms with van der Waals surface area (Å²) in [5, 5.41) is 6.22. The van der Waals surface area contributed by atoms with Crippen molar-refractivity contribution < 1.29 is 9.59 Å². The van der Waals surface area contributed by atoms with Gasteiger partial charge < -0.3 is 10.6 Å². The Morgan fingerprint density at radius 1 is 1.35 bits per heavy atom. The predicted octanol–water partition coefficient (Wildman–Crippen LogP) is 3.20. The van der Waals surface area contributed by atoms with Gasteiger partial charge in [0.2, 0.25) is 11.8 Å². The Morgan fingerprint density at radius 3 is 2.83 bits per heavy atom. The number of amides is 2. The van der Waals surface area contributed by atoms with Crippen LogP contribution in [0.5, 0.6) is 0 Å². The normalized spacial score (nSPS) is 23.3. The molecule has 1 saturated heterocycles. The summed E-state index contributed by atoms with van der Waals surface area (Å²) >= 11 is 7.36. The van der Waals surface area contributed by atoms with Gasteiger partial charge in [0.1, 0.15) is 5.25 Å². The maximum Gasteiger partial charge on any atom is 0.240 e. The highest BCUT2D eigenvalue weighted by Gasteiger charge is 2.32. The fourth-order valence-corrected chi connectivity index (χ4v) is 3.95. The molecule has 1 saturated carbocycles. The molecule has 122 valence electrons. The van der Waals surface area contributed by atoms with Crippen molar-refractivity contribution in [3.05, 3.63) is 29.3 Å².